The van der Waals surface area contributed by atoms with E-state index in [0.29, 0.717) is 6.54 Å². The molecule has 0 radical (unpaired) electrons. The summed E-state index contributed by atoms with van der Waals surface area (Å²) >= 11 is 1.62. The van der Waals surface area contributed by atoms with Crippen LogP contribution < -0.4 is 11.2 Å². The maximum absolute atomic E-state index is 11.6. The molecule has 0 atom stereocenters. The zero-order valence-electron chi connectivity index (χ0n) is 9.77. The number of nitrogens with one attached hydrogen (secondary N) is 1. The number of rotatable bonds is 3. The van der Waals surface area contributed by atoms with Gasteiger partial charge in [0.2, 0.25) is 0 Å². The summed E-state index contributed by atoms with van der Waals surface area (Å²) < 4.78 is 1.34. The zero-order chi connectivity index (χ0) is 13.1. The first-order valence-electron chi connectivity index (χ1n) is 5.45. The standard InChI is InChI=1S/C12H11N3O2S/c1-2-9-3-4-10(18-9)7-15-6-8(5-13)11(16)14-12(15)17/h3-4,6H,2,7H2,1H3,(H,14,16,17). The van der Waals surface area contributed by atoms with E-state index >= 15 is 0 Å². The highest BCUT2D eigenvalue weighted by molar-refractivity contribution is 7.11. The molecule has 2 rings (SSSR count). The van der Waals surface area contributed by atoms with Gasteiger partial charge in [0.1, 0.15) is 11.6 Å². The predicted molar refractivity (Wildman–Crippen MR) is 68.8 cm³/mol. The van der Waals surface area contributed by atoms with Crippen LogP contribution in [0.1, 0.15) is 22.2 Å². The van der Waals surface area contributed by atoms with Crippen LogP contribution >= 0.6 is 11.3 Å². The van der Waals surface area contributed by atoms with Gasteiger partial charge in [0.15, 0.2) is 0 Å². The van der Waals surface area contributed by atoms with Gasteiger partial charge in [-0.25, -0.2) is 4.79 Å². The summed E-state index contributed by atoms with van der Waals surface area (Å²) in [7, 11) is 0. The molecule has 2 aromatic heterocycles. The van der Waals surface area contributed by atoms with E-state index in [1.807, 2.05) is 12.1 Å². The van der Waals surface area contributed by atoms with Crippen molar-refractivity contribution in [2.45, 2.75) is 19.9 Å². The van der Waals surface area contributed by atoms with E-state index in [9.17, 15) is 9.59 Å². The van der Waals surface area contributed by atoms with E-state index < -0.39 is 11.2 Å². The minimum atomic E-state index is -0.640. The molecule has 92 valence electrons. The van der Waals surface area contributed by atoms with Crippen molar-refractivity contribution in [2.75, 3.05) is 0 Å². The Morgan fingerprint density at radius 1 is 1.39 bits per heavy atom. The fourth-order valence-electron chi connectivity index (χ4n) is 1.57. The van der Waals surface area contributed by atoms with Gasteiger partial charge in [-0.05, 0) is 18.6 Å². The topological polar surface area (TPSA) is 78.7 Å². The lowest BCUT2D eigenvalue weighted by Crippen LogP contribution is -2.31. The first-order valence-corrected chi connectivity index (χ1v) is 6.27. The van der Waals surface area contributed by atoms with Crippen LogP contribution in [0.5, 0.6) is 0 Å². The third-order valence-electron chi connectivity index (χ3n) is 2.52. The summed E-state index contributed by atoms with van der Waals surface area (Å²) in [5.74, 6) is 0. The highest BCUT2D eigenvalue weighted by Crippen LogP contribution is 2.17. The van der Waals surface area contributed by atoms with Crippen LogP contribution in [0.15, 0.2) is 27.9 Å². The van der Waals surface area contributed by atoms with E-state index in [1.165, 1.54) is 15.6 Å². The van der Waals surface area contributed by atoms with E-state index in [-0.39, 0.29) is 5.56 Å². The number of nitriles is 1. The molecule has 0 aromatic carbocycles. The van der Waals surface area contributed by atoms with Crippen molar-refractivity contribution >= 4 is 11.3 Å². The van der Waals surface area contributed by atoms with Gasteiger partial charge in [-0.1, -0.05) is 6.92 Å². The third kappa shape index (κ3) is 2.41. The number of nitrogens with zero attached hydrogens (tertiary/aromatic N) is 2. The summed E-state index contributed by atoms with van der Waals surface area (Å²) in [6.45, 7) is 2.44. The Hall–Kier alpha value is -2.13. The van der Waals surface area contributed by atoms with Crippen LogP contribution in [0.2, 0.25) is 0 Å². The van der Waals surface area contributed by atoms with Crippen LogP contribution in [0, 0.1) is 11.3 Å². The second-order valence-corrected chi connectivity index (χ2v) is 5.02. The molecule has 2 heterocycles. The number of hydrogen-bond donors (Lipinski definition) is 1. The molecule has 0 aliphatic carbocycles. The van der Waals surface area contributed by atoms with Crippen molar-refractivity contribution in [2.24, 2.45) is 0 Å². The smallest absolute Gasteiger partial charge is 0.294 e. The van der Waals surface area contributed by atoms with Crippen molar-refractivity contribution in [3.63, 3.8) is 0 Å². The molecule has 0 saturated carbocycles. The van der Waals surface area contributed by atoms with E-state index in [4.69, 9.17) is 5.26 Å². The quantitative estimate of drug-likeness (QED) is 0.898. The van der Waals surface area contributed by atoms with Crippen LogP contribution in [-0.4, -0.2) is 9.55 Å². The average molecular weight is 261 g/mol. The van der Waals surface area contributed by atoms with Gasteiger partial charge in [0, 0.05) is 16.0 Å². The summed E-state index contributed by atoms with van der Waals surface area (Å²) in [4.78, 5) is 27.2. The van der Waals surface area contributed by atoms with Crippen molar-refractivity contribution in [1.29, 1.82) is 5.26 Å². The Bertz CT molecular complexity index is 718. The van der Waals surface area contributed by atoms with Crippen molar-refractivity contribution < 1.29 is 0 Å². The zero-order valence-corrected chi connectivity index (χ0v) is 10.6. The lowest BCUT2D eigenvalue weighted by Gasteiger charge is -2.02. The van der Waals surface area contributed by atoms with Gasteiger partial charge in [0.05, 0.1) is 6.54 Å². The average Bonchev–Trinajstić information content (AvgIpc) is 2.80. The SMILES string of the molecule is CCc1ccc(Cn2cc(C#N)c(=O)[nH]c2=O)s1. The molecular weight excluding hydrogens is 250 g/mol. The summed E-state index contributed by atoms with van der Waals surface area (Å²) in [6, 6.07) is 5.73. The van der Waals surface area contributed by atoms with Gasteiger partial charge >= 0.3 is 5.69 Å². The van der Waals surface area contributed by atoms with Gasteiger partial charge in [0.25, 0.3) is 5.56 Å². The third-order valence-corrected chi connectivity index (χ3v) is 3.74. The Morgan fingerprint density at radius 3 is 2.72 bits per heavy atom. The van der Waals surface area contributed by atoms with Crippen LogP contribution in [0.4, 0.5) is 0 Å². The lowest BCUT2D eigenvalue weighted by atomic mass is 10.3. The number of hydrogen-bond acceptors (Lipinski definition) is 4. The number of thiophene rings is 1. The van der Waals surface area contributed by atoms with Crippen LogP contribution in [-0.2, 0) is 13.0 Å². The van der Waals surface area contributed by atoms with Gasteiger partial charge < -0.3 is 0 Å². The van der Waals surface area contributed by atoms with Crippen molar-refractivity contribution in [3.8, 4) is 6.07 Å². The monoisotopic (exact) mass is 261 g/mol. The minimum Gasteiger partial charge on any atom is -0.294 e. The van der Waals surface area contributed by atoms with E-state index in [2.05, 4.69) is 11.9 Å². The second kappa shape index (κ2) is 5.02. The molecule has 5 nitrogen and oxygen atoms in total. The van der Waals surface area contributed by atoms with Crippen molar-refractivity contribution in [3.05, 3.63) is 54.5 Å². The fourth-order valence-corrected chi connectivity index (χ4v) is 2.53. The molecule has 0 spiro atoms. The van der Waals surface area contributed by atoms with E-state index in [1.54, 1.807) is 17.4 Å². The minimum absolute atomic E-state index is 0.0538. The Morgan fingerprint density at radius 2 is 2.11 bits per heavy atom. The molecule has 0 amide bonds. The molecule has 18 heavy (non-hydrogen) atoms. The molecule has 0 aliphatic rings. The number of H-pyrrole nitrogens is 1. The molecule has 6 heteroatoms. The normalized spacial score (nSPS) is 10.2. The maximum atomic E-state index is 11.6. The molecule has 1 N–H and O–H groups in total. The van der Waals surface area contributed by atoms with Crippen molar-refractivity contribution in [1.82, 2.24) is 9.55 Å². The molecule has 0 fully saturated rings. The van der Waals surface area contributed by atoms with Crippen LogP contribution in [0.25, 0.3) is 0 Å². The highest BCUT2D eigenvalue weighted by atomic mass is 32.1. The summed E-state index contributed by atoms with van der Waals surface area (Å²) in [5.41, 5.74) is -1.19. The Balaban J connectivity index is 2.37. The Labute approximate surface area is 107 Å². The highest BCUT2D eigenvalue weighted by Gasteiger charge is 2.06. The largest absolute Gasteiger partial charge is 0.328 e. The van der Waals surface area contributed by atoms with Gasteiger partial charge in [-0.3, -0.25) is 14.3 Å². The maximum Gasteiger partial charge on any atom is 0.328 e. The fraction of sp³-hybridized carbons (Fsp3) is 0.250. The lowest BCUT2D eigenvalue weighted by molar-refractivity contribution is 0.726. The number of aromatic nitrogens is 2. The molecule has 0 bridgehead atoms. The predicted octanol–water partition coefficient (Wildman–Crippen LogP) is 1.08. The van der Waals surface area contributed by atoms with E-state index in [0.717, 1.165) is 11.3 Å². The number of aryl methyl sites for hydroxylation is 1. The first kappa shape index (κ1) is 12.3. The first-order chi connectivity index (χ1) is 8.63. The number of aromatic amines is 1. The molecular formula is C12H11N3O2S. The molecule has 2 aromatic rings. The summed E-state index contributed by atoms with van der Waals surface area (Å²) in [5, 5.41) is 8.76. The Kier molecular flexibility index (Phi) is 3.44. The summed E-state index contributed by atoms with van der Waals surface area (Å²) in [6.07, 6.45) is 2.25. The van der Waals surface area contributed by atoms with Gasteiger partial charge in [-0.15, -0.1) is 11.3 Å². The molecule has 0 aliphatic heterocycles. The second-order valence-electron chi connectivity index (χ2n) is 3.76. The van der Waals surface area contributed by atoms with Crippen LogP contribution in [0.3, 0.4) is 0 Å². The molecule has 0 saturated heterocycles. The molecule has 0 unspecified atom stereocenters. The van der Waals surface area contributed by atoms with Gasteiger partial charge in [-0.2, -0.15) is 5.26 Å².